The SMILES string of the molecule is Nc1ccc(N2C[C@H](CO)N(Cc3ccccc3)C[C@@H]2c2ccc(Cl)cc2Cl)cc1. The maximum Gasteiger partial charge on any atom is 0.0685 e. The lowest BCUT2D eigenvalue weighted by molar-refractivity contribution is 0.0884. The van der Waals surface area contributed by atoms with E-state index in [1.807, 2.05) is 54.6 Å². The highest BCUT2D eigenvalue weighted by Gasteiger charge is 2.35. The van der Waals surface area contributed by atoms with Crippen LogP contribution in [0.15, 0.2) is 72.8 Å². The number of aliphatic hydroxyl groups is 1. The standard InChI is InChI=1S/C24H25Cl2N3O/c25-18-6-11-22(23(26)12-18)24-15-28(13-17-4-2-1-3-5-17)21(16-30)14-29(24)20-9-7-19(27)8-10-20/h1-12,21,24,30H,13-16,27H2/t21-,24-/m1/s1. The Bertz CT molecular complexity index is 982. The van der Waals surface area contributed by atoms with Crippen LogP contribution in [0.4, 0.5) is 11.4 Å². The maximum atomic E-state index is 10.2. The predicted molar refractivity (Wildman–Crippen MR) is 125 cm³/mol. The highest BCUT2D eigenvalue weighted by molar-refractivity contribution is 6.35. The lowest BCUT2D eigenvalue weighted by atomic mass is 9.97. The minimum atomic E-state index is 0.00471. The van der Waals surface area contributed by atoms with Crippen molar-refractivity contribution in [1.29, 1.82) is 0 Å². The molecule has 0 radical (unpaired) electrons. The van der Waals surface area contributed by atoms with E-state index >= 15 is 0 Å². The maximum absolute atomic E-state index is 10.2. The van der Waals surface area contributed by atoms with Crippen LogP contribution in [0.25, 0.3) is 0 Å². The van der Waals surface area contributed by atoms with Gasteiger partial charge in [-0.1, -0.05) is 59.6 Å². The molecular weight excluding hydrogens is 417 g/mol. The predicted octanol–water partition coefficient (Wildman–Crippen LogP) is 5.00. The molecule has 4 nitrogen and oxygen atoms in total. The second-order valence-corrected chi connectivity index (χ2v) is 8.52. The Morgan fingerprint density at radius 2 is 1.67 bits per heavy atom. The summed E-state index contributed by atoms with van der Waals surface area (Å²) < 4.78 is 0. The molecule has 1 aliphatic heterocycles. The molecule has 3 aromatic rings. The van der Waals surface area contributed by atoms with Crippen LogP contribution in [0.3, 0.4) is 0 Å². The molecule has 3 N–H and O–H groups in total. The van der Waals surface area contributed by atoms with E-state index in [1.54, 1.807) is 6.07 Å². The van der Waals surface area contributed by atoms with E-state index in [-0.39, 0.29) is 18.7 Å². The summed E-state index contributed by atoms with van der Waals surface area (Å²) >= 11 is 12.8. The summed E-state index contributed by atoms with van der Waals surface area (Å²) in [5.41, 5.74) is 9.92. The van der Waals surface area contributed by atoms with Gasteiger partial charge in [-0.2, -0.15) is 0 Å². The van der Waals surface area contributed by atoms with Gasteiger partial charge in [0.2, 0.25) is 0 Å². The number of nitrogens with zero attached hydrogens (tertiary/aromatic N) is 2. The van der Waals surface area contributed by atoms with Gasteiger partial charge in [0.05, 0.1) is 18.7 Å². The van der Waals surface area contributed by atoms with Crippen LogP contribution in [0, 0.1) is 0 Å². The number of nitrogens with two attached hydrogens (primary N) is 1. The van der Waals surface area contributed by atoms with Crippen LogP contribution in [-0.4, -0.2) is 35.7 Å². The highest BCUT2D eigenvalue weighted by atomic mass is 35.5. The summed E-state index contributed by atoms with van der Waals surface area (Å²) in [5.74, 6) is 0. The number of anilines is 2. The van der Waals surface area contributed by atoms with Gasteiger partial charge in [-0.25, -0.2) is 0 Å². The van der Waals surface area contributed by atoms with E-state index < -0.39 is 0 Å². The molecule has 6 heteroatoms. The molecule has 156 valence electrons. The van der Waals surface area contributed by atoms with Gasteiger partial charge in [-0.05, 0) is 47.5 Å². The van der Waals surface area contributed by atoms with Crippen molar-refractivity contribution in [3.05, 3.63) is 94.0 Å². The Hall–Kier alpha value is -2.24. The fraction of sp³-hybridized carbons (Fsp3) is 0.250. The molecule has 2 atom stereocenters. The lowest BCUT2D eigenvalue weighted by Crippen LogP contribution is -2.55. The molecule has 1 saturated heterocycles. The van der Waals surface area contributed by atoms with Gasteiger partial charge < -0.3 is 15.7 Å². The van der Waals surface area contributed by atoms with Crippen LogP contribution in [-0.2, 0) is 6.54 Å². The first-order valence-corrected chi connectivity index (χ1v) is 10.8. The molecule has 0 aliphatic carbocycles. The Balaban J connectivity index is 1.71. The lowest BCUT2D eigenvalue weighted by Gasteiger charge is -2.47. The van der Waals surface area contributed by atoms with Crippen molar-refractivity contribution >= 4 is 34.6 Å². The van der Waals surface area contributed by atoms with E-state index in [0.717, 1.165) is 30.0 Å². The van der Waals surface area contributed by atoms with Gasteiger partial charge in [-0.15, -0.1) is 0 Å². The number of piperazine rings is 1. The molecular formula is C24H25Cl2N3O. The third kappa shape index (κ3) is 4.57. The van der Waals surface area contributed by atoms with Crippen molar-refractivity contribution < 1.29 is 5.11 Å². The van der Waals surface area contributed by atoms with Gasteiger partial charge in [0.1, 0.15) is 0 Å². The number of hydrogen-bond donors (Lipinski definition) is 2. The Labute approximate surface area is 187 Å². The summed E-state index contributed by atoms with van der Waals surface area (Å²) in [7, 11) is 0. The summed E-state index contributed by atoms with van der Waals surface area (Å²) in [5, 5.41) is 11.4. The molecule has 4 rings (SSSR count). The average molecular weight is 442 g/mol. The smallest absolute Gasteiger partial charge is 0.0685 e. The van der Waals surface area contributed by atoms with Gasteiger partial charge >= 0.3 is 0 Å². The highest BCUT2D eigenvalue weighted by Crippen LogP contribution is 2.37. The number of hydrogen-bond acceptors (Lipinski definition) is 4. The summed E-state index contributed by atoms with van der Waals surface area (Å²) in [6.45, 7) is 2.26. The van der Waals surface area contributed by atoms with Gasteiger partial charge in [-0.3, -0.25) is 4.90 Å². The number of aliphatic hydroxyl groups excluding tert-OH is 1. The number of nitrogen functional groups attached to an aromatic ring is 1. The Morgan fingerprint density at radius 1 is 0.933 bits per heavy atom. The number of halogens is 2. The van der Waals surface area contributed by atoms with E-state index in [1.165, 1.54) is 5.56 Å². The topological polar surface area (TPSA) is 52.7 Å². The number of benzene rings is 3. The van der Waals surface area contributed by atoms with Crippen molar-refractivity contribution in [3.8, 4) is 0 Å². The molecule has 0 aromatic heterocycles. The van der Waals surface area contributed by atoms with Crippen molar-refractivity contribution in [2.75, 3.05) is 30.3 Å². The molecule has 0 unspecified atom stereocenters. The Kier molecular flexibility index (Phi) is 6.49. The molecule has 1 fully saturated rings. The van der Waals surface area contributed by atoms with E-state index in [9.17, 15) is 5.11 Å². The van der Waals surface area contributed by atoms with Crippen molar-refractivity contribution in [3.63, 3.8) is 0 Å². The zero-order chi connectivity index (χ0) is 21.1. The zero-order valence-corrected chi connectivity index (χ0v) is 18.1. The van der Waals surface area contributed by atoms with E-state index in [2.05, 4.69) is 21.9 Å². The first-order valence-electron chi connectivity index (χ1n) is 10.0. The molecule has 30 heavy (non-hydrogen) atoms. The summed E-state index contributed by atoms with van der Waals surface area (Å²) in [6, 6.07) is 23.9. The normalized spacial score (nSPS) is 19.8. The van der Waals surface area contributed by atoms with Crippen molar-refractivity contribution in [1.82, 2.24) is 4.90 Å². The van der Waals surface area contributed by atoms with Crippen LogP contribution in [0.1, 0.15) is 17.2 Å². The van der Waals surface area contributed by atoms with E-state index in [4.69, 9.17) is 28.9 Å². The zero-order valence-electron chi connectivity index (χ0n) is 16.6. The first-order chi connectivity index (χ1) is 14.5. The fourth-order valence-electron chi connectivity index (χ4n) is 4.11. The third-order valence-electron chi connectivity index (χ3n) is 5.69. The second-order valence-electron chi connectivity index (χ2n) is 7.68. The third-order valence-corrected chi connectivity index (χ3v) is 6.26. The quantitative estimate of drug-likeness (QED) is 0.546. The number of rotatable bonds is 5. The molecule has 0 spiro atoms. The molecule has 1 heterocycles. The average Bonchev–Trinajstić information content (AvgIpc) is 2.75. The largest absolute Gasteiger partial charge is 0.399 e. The molecule has 0 saturated carbocycles. The summed E-state index contributed by atoms with van der Waals surface area (Å²) in [6.07, 6.45) is 0. The van der Waals surface area contributed by atoms with Crippen molar-refractivity contribution in [2.24, 2.45) is 0 Å². The van der Waals surface area contributed by atoms with Gasteiger partial charge in [0.25, 0.3) is 0 Å². The fourth-order valence-corrected chi connectivity index (χ4v) is 4.65. The minimum absolute atomic E-state index is 0.00471. The van der Waals surface area contributed by atoms with Gasteiger partial charge in [0, 0.05) is 41.1 Å². The molecule has 3 aromatic carbocycles. The van der Waals surface area contributed by atoms with Gasteiger partial charge in [0.15, 0.2) is 0 Å². The van der Waals surface area contributed by atoms with Crippen LogP contribution < -0.4 is 10.6 Å². The monoisotopic (exact) mass is 441 g/mol. The minimum Gasteiger partial charge on any atom is -0.399 e. The molecule has 0 bridgehead atoms. The molecule has 1 aliphatic rings. The van der Waals surface area contributed by atoms with Crippen LogP contribution in [0.5, 0.6) is 0 Å². The van der Waals surface area contributed by atoms with E-state index in [0.29, 0.717) is 16.6 Å². The van der Waals surface area contributed by atoms with Crippen molar-refractivity contribution in [2.45, 2.75) is 18.6 Å². The second kappa shape index (κ2) is 9.27. The molecule has 0 amide bonds. The Morgan fingerprint density at radius 3 is 2.33 bits per heavy atom. The van der Waals surface area contributed by atoms with Crippen LogP contribution >= 0.6 is 23.2 Å². The first kappa shape index (κ1) is 21.0. The summed E-state index contributed by atoms with van der Waals surface area (Å²) in [4.78, 5) is 4.63. The van der Waals surface area contributed by atoms with Crippen LogP contribution in [0.2, 0.25) is 10.0 Å².